The first-order valence-electron chi connectivity index (χ1n) is 12.0. The maximum Gasteiger partial charge on any atom is 0.295 e. The number of ether oxygens (including phenoxy) is 3. The van der Waals surface area contributed by atoms with Gasteiger partial charge in [-0.15, -0.1) is 0 Å². The molecule has 0 spiro atoms. The Kier molecular flexibility index (Phi) is 7.81. The number of nitrogens with zero attached hydrogens (tertiary/aromatic N) is 2. The summed E-state index contributed by atoms with van der Waals surface area (Å²) in [5.41, 5.74) is 1.75. The molecule has 0 bridgehead atoms. The molecule has 1 unspecified atom stereocenters. The number of phenols is 1. The van der Waals surface area contributed by atoms with Crippen molar-refractivity contribution in [1.82, 2.24) is 9.80 Å². The molecule has 2 heterocycles. The van der Waals surface area contributed by atoms with Gasteiger partial charge < -0.3 is 29.3 Å². The van der Waals surface area contributed by atoms with Crippen LogP contribution in [0.1, 0.15) is 29.7 Å². The van der Waals surface area contributed by atoms with Gasteiger partial charge in [0.2, 0.25) is 0 Å². The van der Waals surface area contributed by atoms with Crippen molar-refractivity contribution < 1.29 is 34.0 Å². The smallest absolute Gasteiger partial charge is 0.295 e. The van der Waals surface area contributed by atoms with Crippen LogP contribution in [0, 0.1) is 6.92 Å². The van der Waals surface area contributed by atoms with E-state index < -0.39 is 17.7 Å². The molecule has 4 rings (SSSR count). The molecule has 0 radical (unpaired) electrons. The number of aromatic hydroxyl groups is 1. The first-order chi connectivity index (χ1) is 17.3. The van der Waals surface area contributed by atoms with Gasteiger partial charge in [-0.05, 0) is 55.3 Å². The SMILES string of the molecule is CCOc1cc(C2/C(=C(/O)c3ccc(OC)c(C)c3)C(=O)C(=O)N2CCN2CCOCC2)ccc1O. The number of hydrogen-bond acceptors (Lipinski definition) is 8. The Morgan fingerprint density at radius 1 is 1.08 bits per heavy atom. The standard InChI is InChI=1S/C27H32N2O7/c1-4-36-22-16-18(5-7-20(22)30)24-23(25(31)19-6-8-21(34-3)17(2)15-19)26(32)27(33)29(24)10-9-28-11-13-35-14-12-28/h5-8,15-16,24,30-31H,4,9-14H2,1-3H3/b25-23-. The number of aryl methyl sites for hydroxylation is 1. The molecule has 0 aliphatic carbocycles. The highest BCUT2D eigenvalue weighted by Crippen LogP contribution is 2.42. The molecule has 0 saturated carbocycles. The van der Waals surface area contributed by atoms with Gasteiger partial charge in [-0.25, -0.2) is 0 Å². The summed E-state index contributed by atoms with van der Waals surface area (Å²) in [6, 6.07) is 8.97. The van der Waals surface area contributed by atoms with Crippen molar-refractivity contribution >= 4 is 17.4 Å². The number of methoxy groups -OCH3 is 1. The number of aliphatic hydroxyl groups excluding tert-OH is 1. The van der Waals surface area contributed by atoms with Crippen molar-refractivity contribution in [2.45, 2.75) is 19.9 Å². The van der Waals surface area contributed by atoms with Crippen molar-refractivity contribution in [2.24, 2.45) is 0 Å². The molecule has 2 N–H and O–H groups in total. The summed E-state index contributed by atoms with van der Waals surface area (Å²) in [6.07, 6.45) is 0. The molecule has 1 atom stereocenters. The van der Waals surface area contributed by atoms with Crippen molar-refractivity contribution in [2.75, 3.05) is 53.1 Å². The molecule has 9 nitrogen and oxygen atoms in total. The number of carbonyl (C=O) groups is 2. The average Bonchev–Trinajstić information content (AvgIpc) is 3.14. The minimum Gasteiger partial charge on any atom is -0.507 e. The summed E-state index contributed by atoms with van der Waals surface area (Å²) in [4.78, 5) is 30.2. The van der Waals surface area contributed by atoms with Crippen LogP contribution in [0.5, 0.6) is 17.2 Å². The molecule has 192 valence electrons. The number of rotatable bonds is 8. The fourth-order valence-corrected chi connectivity index (χ4v) is 4.68. The monoisotopic (exact) mass is 496 g/mol. The summed E-state index contributed by atoms with van der Waals surface area (Å²) >= 11 is 0. The molecule has 2 aliphatic heterocycles. The van der Waals surface area contributed by atoms with E-state index in [0.717, 1.165) is 18.7 Å². The summed E-state index contributed by atoms with van der Waals surface area (Å²) in [5, 5.41) is 21.5. The molecule has 1 amide bonds. The Hall–Kier alpha value is -3.56. The van der Waals surface area contributed by atoms with E-state index in [0.29, 0.717) is 49.8 Å². The minimum absolute atomic E-state index is 0.000294. The fourth-order valence-electron chi connectivity index (χ4n) is 4.68. The van der Waals surface area contributed by atoms with E-state index in [4.69, 9.17) is 14.2 Å². The quantitative estimate of drug-likeness (QED) is 0.326. The Balaban J connectivity index is 1.78. The summed E-state index contributed by atoms with van der Waals surface area (Å²) in [7, 11) is 1.56. The van der Waals surface area contributed by atoms with Gasteiger partial charge in [0.05, 0.1) is 38.5 Å². The van der Waals surface area contributed by atoms with Gasteiger partial charge in [0.1, 0.15) is 11.5 Å². The summed E-state index contributed by atoms with van der Waals surface area (Å²) < 4.78 is 16.3. The lowest BCUT2D eigenvalue weighted by Crippen LogP contribution is -2.42. The molecule has 2 saturated heterocycles. The number of hydrogen-bond donors (Lipinski definition) is 2. The van der Waals surface area contributed by atoms with Crippen LogP contribution in [0.3, 0.4) is 0 Å². The number of aliphatic hydroxyl groups is 1. The number of amides is 1. The van der Waals surface area contributed by atoms with Gasteiger partial charge in [-0.2, -0.15) is 0 Å². The Bertz CT molecular complexity index is 1170. The average molecular weight is 497 g/mol. The van der Waals surface area contributed by atoms with Crippen LogP contribution in [0.2, 0.25) is 0 Å². The minimum atomic E-state index is -0.840. The van der Waals surface area contributed by atoms with E-state index in [1.54, 1.807) is 44.4 Å². The van der Waals surface area contributed by atoms with Gasteiger partial charge in [0.15, 0.2) is 11.5 Å². The first-order valence-corrected chi connectivity index (χ1v) is 12.0. The molecular formula is C27H32N2O7. The lowest BCUT2D eigenvalue weighted by Gasteiger charge is -2.31. The number of carbonyl (C=O) groups excluding carboxylic acids is 2. The second-order valence-electron chi connectivity index (χ2n) is 8.79. The highest BCUT2D eigenvalue weighted by atomic mass is 16.5. The second kappa shape index (κ2) is 11.0. The van der Waals surface area contributed by atoms with E-state index in [2.05, 4.69) is 4.90 Å². The third-order valence-corrected chi connectivity index (χ3v) is 6.57. The molecule has 2 aromatic carbocycles. The van der Waals surface area contributed by atoms with E-state index in [1.165, 1.54) is 11.0 Å². The molecule has 9 heteroatoms. The third kappa shape index (κ3) is 5.03. The maximum absolute atomic E-state index is 13.3. The van der Waals surface area contributed by atoms with Crippen LogP contribution in [-0.4, -0.2) is 84.8 Å². The molecule has 2 aliphatic rings. The van der Waals surface area contributed by atoms with E-state index in [-0.39, 0.29) is 22.8 Å². The Morgan fingerprint density at radius 2 is 1.83 bits per heavy atom. The summed E-state index contributed by atoms with van der Waals surface area (Å²) in [6.45, 7) is 7.54. The molecular weight excluding hydrogens is 464 g/mol. The topological polar surface area (TPSA) is 109 Å². The van der Waals surface area contributed by atoms with Crippen LogP contribution >= 0.6 is 0 Å². The molecule has 2 aromatic rings. The third-order valence-electron chi connectivity index (χ3n) is 6.57. The lowest BCUT2D eigenvalue weighted by atomic mass is 9.94. The zero-order chi connectivity index (χ0) is 25.8. The molecule has 0 aromatic heterocycles. The largest absolute Gasteiger partial charge is 0.507 e. The van der Waals surface area contributed by atoms with Crippen LogP contribution in [-0.2, 0) is 14.3 Å². The van der Waals surface area contributed by atoms with Crippen LogP contribution in [0.25, 0.3) is 5.76 Å². The molecule has 36 heavy (non-hydrogen) atoms. The van der Waals surface area contributed by atoms with Gasteiger partial charge in [0.25, 0.3) is 11.7 Å². The van der Waals surface area contributed by atoms with Gasteiger partial charge in [-0.3, -0.25) is 14.5 Å². The van der Waals surface area contributed by atoms with Crippen LogP contribution < -0.4 is 9.47 Å². The maximum atomic E-state index is 13.3. The summed E-state index contributed by atoms with van der Waals surface area (Å²) in [5.74, 6) is -0.839. The fraction of sp³-hybridized carbons (Fsp3) is 0.407. The van der Waals surface area contributed by atoms with Crippen LogP contribution in [0.15, 0.2) is 42.0 Å². The normalized spacial score (nSPS) is 20.1. The van der Waals surface area contributed by atoms with Gasteiger partial charge in [0, 0.05) is 31.7 Å². The number of morpholine rings is 1. The first kappa shape index (κ1) is 25.5. The lowest BCUT2D eigenvalue weighted by molar-refractivity contribution is -0.140. The van der Waals surface area contributed by atoms with E-state index in [1.807, 2.05) is 6.92 Å². The van der Waals surface area contributed by atoms with Crippen molar-refractivity contribution in [1.29, 1.82) is 0 Å². The zero-order valence-electron chi connectivity index (χ0n) is 20.8. The van der Waals surface area contributed by atoms with Crippen molar-refractivity contribution in [3.8, 4) is 17.2 Å². The predicted molar refractivity (Wildman–Crippen MR) is 133 cm³/mol. The van der Waals surface area contributed by atoms with Crippen molar-refractivity contribution in [3.63, 3.8) is 0 Å². The molecule has 2 fully saturated rings. The van der Waals surface area contributed by atoms with E-state index >= 15 is 0 Å². The number of Topliss-reactive ketones (excluding diaryl/α,β-unsaturated/α-hetero) is 1. The second-order valence-corrected chi connectivity index (χ2v) is 8.79. The Morgan fingerprint density at radius 3 is 2.50 bits per heavy atom. The van der Waals surface area contributed by atoms with Gasteiger partial charge >= 0.3 is 0 Å². The van der Waals surface area contributed by atoms with Crippen molar-refractivity contribution in [3.05, 3.63) is 58.7 Å². The number of phenolic OH excluding ortho intramolecular Hbond substituents is 1. The number of likely N-dealkylation sites (tertiary alicyclic amines) is 1. The van der Waals surface area contributed by atoms with Crippen LogP contribution in [0.4, 0.5) is 0 Å². The van der Waals surface area contributed by atoms with E-state index in [9.17, 15) is 19.8 Å². The van der Waals surface area contributed by atoms with Gasteiger partial charge in [-0.1, -0.05) is 6.07 Å². The number of ketones is 1. The zero-order valence-corrected chi connectivity index (χ0v) is 20.8. The predicted octanol–water partition coefficient (Wildman–Crippen LogP) is 2.86. The highest BCUT2D eigenvalue weighted by Gasteiger charge is 2.46. The Labute approximate surface area is 210 Å². The highest BCUT2D eigenvalue weighted by molar-refractivity contribution is 6.46. The number of benzene rings is 2.